The molecule has 1 aromatic carbocycles. The topological polar surface area (TPSA) is 30.5 Å². The van der Waals surface area contributed by atoms with Crippen molar-refractivity contribution in [1.82, 2.24) is 5.32 Å². The molecule has 0 bridgehead atoms. The van der Waals surface area contributed by atoms with Crippen molar-refractivity contribution in [3.05, 3.63) is 29.6 Å². The molecule has 4 heteroatoms. The lowest BCUT2D eigenvalue weighted by molar-refractivity contribution is 0.0497. The van der Waals surface area contributed by atoms with Crippen LogP contribution in [-0.2, 0) is 11.3 Å². The highest BCUT2D eigenvalue weighted by Gasteiger charge is 2.14. The van der Waals surface area contributed by atoms with Gasteiger partial charge < -0.3 is 14.8 Å². The quantitative estimate of drug-likeness (QED) is 0.873. The molecule has 0 aromatic heterocycles. The van der Waals surface area contributed by atoms with Gasteiger partial charge in [0.25, 0.3) is 0 Å². The molecule has 0 aliphatic carbocycles. The normalized spacial score (nSPS) is 16.8. The Labute approximate surface area is 107 Å². The molecule has 0 unspecified atom stereocenters. The highest BCUT2D eigenvalue weighted by molar-refractivity contribution is 5.29. The predicted molar refractivity (Wildman–Crippen MR) is 68.2 cm³/mol. The first-order valence-corrected chi connectivity index (χ1v) is 6.42. The van der Waals surface area contributed by atoms with Crippen LogP contribution in [0.25, 0.3) is 0 Å². The Morgan fingerprint density at radius 2 is 2.11 bits per heavy atom. The number of hydrogen-bond acceptors (Lipinski definition) is 3. The van der Waals surface area contributed by atoms with Crippen molar-refractivity contribution < 1.29 is 13.9 Å². The Balaban J connectivity index is 1.91. The van der Waals surface area contributed by atoms with E-state index in [1.807, 2.05) is 13.1 Å². The fourth-order valence-corrected chi connectivity index (χ4v) is 2.14. The van der Waals surface area contributed by atoms with E-state index in [1.54, 1.807) is 0 Å². The molecule has 1 aliphatic rings. The molecule has 0 atom stereocenters. The van der Waals surface area contributed by atoms with Gasteiger partial charge in [0, 0.05) is 25.8 Å². The van der Waals surface area contributed by atoms with Crippen LogP contribution in [0.5, 0.6) is 5.75 Å². The van der Waals surface area contributed by atoms with E-state index in [0.717, 1.165) is 31.6 Å². The zero-order valence-corrected chi connectivity index (χ0v) is 10.7. The summed E-state index contributed by atoms with van der Waals surface area (Å²) >= 11 is 0. The SMILES string of the molecule is CNCc1cc(F)cc(OCC2CCOCC2)c1. The number of rotatable bonds is 5. The van der Waals surface area contributed by atoms with E-state index in [-0.39, 0.29) is 5.82 Å². The van der Waals surface area contributed by atoms with Crippen LogP contribution in [0, 0.1) is 11.7 Å². The molecule has 18 heavy (non-hydrogen) atoms. The third-order valence-corrected chi connectivity index (χ3v) is 3.14. The van der Waals surface area contributed by atoms with Gasteiger partial charge in [-0.05, 0) is 43.5 Å². The number of ether oxygens (including phenoxy) is 2. The van der Waals surface area contributed by atoms with Gasteiger partial charge in [-0.3, -0.25) is 0 Å². The maximum atomic E-state index is 13.4. The molecule has 0 amide bonds. The zero-order valence-electron chi connectivity index (χ0n) is 10.7. The molecule has 100 valence electrons. The molecule has 1 heterocycles. The van der Waals surface area contributed by atoms with Crippen LogP contribution in [0.4, 0.5) is 4.39 Å². The summed E-state index contributed by atoms with van der Waals surface area (Å²) in [6.45, 7) is 2.90. The molecular weight excluding hydrogens is 233 g/mol. The van der Waals surface area contributed by atoms with Gasteiger partial charge >= 0.3 is 0 Å². The van der Waals surface area contributed by atoms with E-state index in [9.17, 15) is 4.39 Å². The second kappa shape index (κ2) is 6.71. The van der Waals surface area contributed by atoms with E-state index in [1.165, 1.54) is 12.1 Å². The van der Waals surface area contributed by atoms with Crippen LogP contribution < -0.4 is 10.1 Å². The maximum absolute atomic E-state index is 13.4. The van der Waals surface area contributed by atoms with Gasteiger partial charge in [0.05, 0.1) is 6.61 Å². The van der Waals surface area contributed by atoms with E-state index >= 15 is 0 Å². The fourth-order valence-electron chi connectivity index (χ4n) is 2.14. The summed E-state index contributed by atoms with van der Waals surface area (Å²) in [5.74, 6) is 0.895. The molecular formula is C14H20FNO2. The van der Waals surface area contributed by atoms with E-state index in [0.29, 0.717) is 24.8 Å². The Bertz CT molecular complexity index is 378. The van der Waals surface area contributed by atoms with Crippen molar-refractivity contribution in [2.75, 3.05) is 26.9 Å². The van der Waals surface area contributed by atoms with Gasteiger partial charge in [0.15, 0.2) is 0 Å². The lowest BCUT2D eigenvalue weighted by Crippen LogP contribution is -2.21. The monoisotopic (exact) mass is 253 g/mol. The molecule has 0 saturated carbocycles. The largest absolute Gasteiger partial charge is 0.493 e. The van der Waals surface area contributed by atoms with Crippen molar-refractivity contribution >= 4 is 0 Å². The van der Waals surface area contributed by atoms with Gasteiger partial charge in [-0.15, -0.1) is 0 Å². The second-order valence-corrected chi connectivity index (χ2v) is 4.69. The smallest absolute Gasteiger partial charge is 0.127 e. The average molecular weight is 253 g/mol. The Morgan fingerprint density at radius 3 is 2.83 bits per heavy atom. The molecule has 1 aromatic rings. The van der Waals surface area contributed by atoms with Gasteiger partial charge in [0.2, 0.25) is 0 Å². The molecule has 0 radical (unpaired) electrons. The van der Waals surface area contributed by atoms with Gasteiger partial charge in [0.1, 0.15) is 11.6 Å². The standard InChI is InChI=1S/C14H20FNO2/c1-16-9-12-6-13(15)8-14(7-12)18-10-11-2-4-17-5-3-11/h6-8,11,16H,2-5,9-10H2,1H3. The third-order valence-electron chi connectivity index (χ3n) is 3.14. The minimum Gasteiger partial charge on any atom is -0.493 e. The zero-order chi connectivity index (χ0) is 12.8. The van der Waals surface area contributed by atoms with Gasteiger partial charge in [-0.2, -0.15) is 0 Å². The van der Waals surface area contributed by atoms with Crippen molar-refractivity contribution in [2.24, 2.45) is 5.92 Å². The first-order chi connectivity index (χ1) is 8.78. The van der Waals surface area contributed by atoms with Crippen LogP contribution in [-0.4, -0.2) is 26.9 Å². The third kappa shape index (κ3) is 3.96. The summed E-state index contributed by atoms with van der Waals surface area (Å²) in [7, 11) is 1.84. The summed E-state index contributed by atoms with van der Waals surface area (Å²) < 4.78 is 24.4. The van der Waals surface area contributed by atoms with Crippen molar-refractivity contribution in [3.63, 3.8) is 0 Å². The number of nitrogens with one attached hydrogen (secondary N) is 1. The Hall–Kier alpha value is -1.13. The number of benzene rings is 1. The predicted octanol–water partition coefficient (Wildman–Crippen LogP) is 2.35. The van der Waals surface area contributed by atoms with Crippen LogP contribution in [0.15, 0.2) is 18.2 Å². The summed E-state index contributed by atoms with van der Waals surface area (Å²) in [4.78, 5) is 0. The van der Waals surface area contributed by atoms with Crippen molar-refractivity contribution in [2.45, 2.75) is 19.4 Å². The molecule has 1 N–H and O–H groups in total. The number of hydrogen-bond donors (Lipinski definition) is 1. The number of halogens is 1. The highest BCUT2D eigenvalue weighted by Crippen LogP contribution is 2.20. The molecule has 1 fully saturated rings. The van der Waals surface area contributed by atoms with Crippen molar-refractivity contribution in [3.8, 4) is 5.75 Å². The lowest BCUT2D eigenvalue weighted by atomic mass is 10.0. The molecule has 2 rings (SSSR count). The lowest BCUT2D eigenvalue weighted by Gasteiger charge is -2.22. The average Bonchev–Trinajstić information content (AvgIpc) is 2.37. The van der Waals surface area contributed by atoms with E-state index < -0.39 is 0 Å². The first kappa shape index (κ1) is 13.3. The van der Waals surface area contributed by atoms with Crippen LogP contribution in [0.3, 0.4) is 0 Å². The minimum absolute atomic E-state index is 0.246. The molecule has 1 saturated heterocycles. The maximum Gasteiger partial charge on any atom is 0.127 e. The van der Waals surface area contributed by atoms with Crippen LogP contribution >= 0.6 is 0 Å². The molecule has 0 spiro atoms. The summed E-state index contributed by atoms with van der Waals surface area (Å²) in [5.41, 5.74) is 0.902. The van der Waals surface area contributed by atoms with Gasteiger partial charge in [-0.25, -0.2) is 4.39 Å². The Kier molecular flexibility index (Phi) is 4.96. The first-order valence-electron chi connectivity index (χ1n) is 6.42. The minimum atomic E-state index is -0.246. The highest BCUT2D eigenvalue weighted by atomic mass is 19.1. The van der Waals surface area contributed by atoms with Gasteiger partial charge in [-0.1, -0.05) is 0 Å². The van der Waals surface area contributed by atoms with Crippen molar-refractivity contribution in [1.29, 1.82) is 0 Å². The Morgan fingerprint density at radius 1 is 1.33 bits per heavy atom. The van der Waals surface area contributed by atoms with Crippen LogP contribution in [0.1, 0.15) is 18.4 Å². The summed E-state index contributed by atoms with van der Waals surface area (Å²) in [6, 6.07) is 4.86. The summed E-state index contributed by atoms with van der Waals surface area (Å²) in [6.07, 6.45) is 2.05. The fraction of sp³-hybridized carbons (Fsp3) is 0.571. The van der Waals surface area contributed by atoms with Crippen LogP contribution in [0.2, 0.25) is 0 Å². The molecule has 1 aliphatic heterocycles. The van der Waals surface area contributed by atoms with E-state index in [2.05, 4.69) is 5.32 Å². The second-order valence-electron chi connectivity index (χ2n) is 4.69. The molecule has 3 nitrogen and oxygen atoms in total. The summed E-state index contributed by atoms with van der Waals surface area (Å²) in [5, 5.41) is 3.01. The van der Waals surface area contributed by atoms with E-state index in [4.69, 9.17) is 9.47 Å².